The van der Waals surface area contributed by atoms with Gasteiger partial charge in [0.2, 0.25) is 0 Å². The zero-order valence-electron chi connectivity index (χ0n) is 19.3. The van der Waals surface area contributed by atoms with E-state index in [4.69, 9.17) is 9.40 Å². The minimum absolute atomic E-state index is 0.870. The van der Waals surface area contributed by atoms with Crippen LogP contribution in [0.15, 0.2) is 126 Å². The van der Waals surface area contributed by atoms with Gasteiger partial charge in [-0.05, 0) is 47.5 Å². The molecular formula is C33H20N2O. The van der Waals surface area contributed by atoms with Crippen LogP contribution in [-0.2, 0) is 0 Å². The van der Waals surface area contributed by atoms with Crippen molar-refractivity contribution in [2.45, 2.75) is 0 Å². The average Bonchev–Trinajstić information content (AvgIpc) is 3.46. The minimum Gasteiger partial charge on any atom is -0.456 e. The van der Waals surface area contributed by atoms with Gasteiger partial charge >= 0.3 is 0 Å². The first-order chi connectivity index (χ1) is 17.8. The van der Waals surface area contributed by atoms with Crippen molar-refractivity contribution in [1.29, 1.82) is 0 Å². The topological polar surface area (TPSA) is 31.0 Å². The molecule has 0 unspecified atom stereocenters. The van der Waals surface area contributed by atoms with Gasteiger partial charge in [0.15, 0.2) is 0 Å². The monoisotopic (exact) mass is 460 g/mol. The Balaban J connectivity index is 1.45. The largest absolute Gasteiger partial charge is 0.456 e. The van der Waals surface area contributed by atoms with E-state index in [1.54, 1.807) is 0 Å². The number of fused-ring (bicyclic) bond motifs is 7. The standard InChI is InChI=1S/C33H20N2O/c1-2-9-21(10-3-1)22-11-8-12-24(17-22)35-29-15-6-4-14-26(29)33-30(35)19-23-18-27-25-13-5-7-16-31(25)36-32(27)20-28(23)34-33/h1-20H. The number of benzene rings is 5. The van der Waals surface area contributed by atoms with Crippen molar-refractivity contribution in [2.75, 3.05) is 0 Å². The average molecular weight is 461 g/mol. The summed E-state index contributed by atoms with van der Waals surface area (Å²) in [6.07, 6.45) is 0. The Morgan fingerprint density at radius 1 is 0.528 bits per heavy atom. The van der Waals surface area contributed by atoms with Gasteiger partial charge in [-0.1, -0.05) is 78.9 Å². The van der Waals surface area contributed by atoms with E-state index in [0.717, 1.165) is 60.5 Å². The molecule has 168 valence electrons. The predicted octanol–water partition coefficient (Wildman–Crippen LogP) is 8.90. The van der Waals surface area contributed by atoms with Gasteiger partial charge in [0, 0.05) is 33.3 Å². The molecule has 0 saturated carbocycles. The molecule has 0 amide bonds. The van der Waals surface area contributed by atoms with Crippen molar-refractivity contribution in [3.63, 3.8) is 0 Å². The Morgan fingerprint density at radius 3 is 2.22 bits per heavy atom. The molecule has 0 spiro atoms. The van der Waals surface area contributed by atoms with Gasteiger partial charge in [-0.2, -0.15) is 0 Å². The molecule has 0 fully saturated rings. The van der Waals surface area contributed by atoms with E-state index >= 15 is 0 Å². The molecule has 8 rings (SSSR count). The first-order valence-corrected chi connectivity index (χ1v) is 12.1. The maximum atomic E-state index is 6.14. The Bertz CT molecular complexity index is 2100. The van der Waals surface area contributed by atoms with Gasteiger partial charge in [0.25, 0.3) is 0 Å². The molecule has 3 nitrogen and oxygen atoms in total. The smallest absolute Gasteiger partial charge is 0.137 e. The van der Waals surface area contributed by atoms with Crippen molar-refractivity contribution in [1.82, 2.24) is 9.55 Å². The molecular weight excluding hydrogens is 440 g/mol. The lowest BCUT2D eigenvalue weighted by Crippen LogP contribution is -1.94. The van der Waals surface area contributed by atoms with Crippen LogP contribution >= 0.6 is 0 Å². The van der Waals surface area contributed by atoms with Gasteiger partial charge in [-0.15, -0.1) is 0 Å². The van der Waals surface area contributed by atoms with E-state index in [1.165, 1.54) is 11.1 Å². The van der Waals surface area contributed by atoms with E-state index < -0.39 is 0 Å². The summed E-state index contributed by atoms with van der Waals surface area (Å²) in [4.78, 5) is 5.17. The molecule has 5 aromatic carbocycles. The Kier molecular flexibility index (Phi) is 3.94. The SMILES string of the molecule is c1ccc(-c2cccc(-n3c4ccccc4c4nc5cc6oc7ccccc7c6cc5cc43)c2)cc1. The maximum Gasteiger partial charge on any atom is 0.137 e. The Labute approximate surface area is 206 Å². The van der Waals surface area contributed by atoms with Crippen LogP contribution in [0.1, 0.15) is 0 Å². The van der Waals surface area contributed by atoms with Crippen LogP contribution in [0.5, 0.6) is 0 Å². The van der Waals surface area contributed by atoms with Gasteiger partial charge in [-0.25, -0.2) is 4.98 Å². The van der Waals surface area contributed by atoms with Crippen molar-refractivity contribution < 1.29 is 4.42 Å². The van der Waals surface area contributed by atoms with Crippen molar-refractivity contribution in [2.24, 2.45) is 0 Å². The molecule has 0 atom stereocenters. The molecule has 0 aliphatic rings. The Hall–Kier alpha value is -4.89. The second-order valence-electron chi connectivity index (χ2n) is 9.26. The van der Waals surface area contributed by atoms with Crippen molar-refractivity contribution >= 4 is 54.8 Å². The summed E-state index contributed by atoms with van der Waals surface area (Å²) in [6, 6.07) is 42.5. The number of hydrogen-bond donors (Lipinski definition) is 0. The quantitative estimate of drug-likeness (QED) is 0.258. The summed E-state index contributed by atoms with van der Waals surface area (Å²) >= 11 is 0. The fraction of sp³-hybridized carbons (Fsp3) is 0. The fourth-order valence-electron chi connectivity index (χ4n) is 5.48. The van der Waals surface area contributed by atoms with Crippen LogP contribution in [0, 0.1) is 0 Å². The molecule has 3 heteroatoms. The lowest BCUT2D eigenvalue weighted by Gasteiger charge is -2.10. The zero-order valence-corrected chi connectivity index (χ0v) is 19.3. The highest BCUT2D eigenvalue weighted by Gasteiger charge is 2.16. The molecule has 3 heterocycles. The number of pyridine rings is 1. The first-order valence-electron chi connectivity index (χ1n) is 12.1. The number of hydrogen-bond acceptors (Lipinski definition) is 2. The van der Waals surface area contributed by atoms with E-state index in [-0.39, 0.29) is 0 Å². The second kappa shape index (κ2) is 7.30. The molecule has 0 N–H and O–H groups in total. The van der Waals surface area contributed by atoms with Crippen LogP contribution in [0.4, 0.5) is 0 Å². The molecule has 8 aromatic rings. The number of rotatable bonds is 2. The van der Waals surface area contributed by atoms with E-state index in [0.29, 0.717) is 0 Å². The molecule has 3 aromatic heterocycles. The Morgan fingerprint density at radius 2 is 1.31 bits per heavy atom. The van der Waals surface area contributed by atoms with E-state index in [1.807, 2.05) is 12.1 Å². The molecule has 0 aliphatic heterocycles. The number of nitrogens with zero attached hydrogens (tertiary/aromatic N) is 2. The van der Waals surface area contributed by atoms with E-state index in [9.17, 15) is 0 Å². The van der Waals surface area contributed by atoms with Crippen LogP contribution in [0.25, 0.3) is 71.6 Å². The highest BCUT2D eigenvalue weighted by Crippen LogP contribution is 2.36. The van der Waals surface area contributed by atoms with E-state index in [2.05, 4.69) is 114 Å². The summed E-state index contributed by atoms with van der Waals surface area (Å²) in [5, 5.41) is 4.49. The van der Waals surface area contributed by atoms with Crippen LogP contribution < -0.4 is 0 Å². The zero-order chi connectivity index (χ0) is 23.6. The summed E-state index contributed by atoms with van der Waals surface area (Å²) in [6.45, 7) is 0. The van der Waals surface area contributed by atoms with Crippen molar-refractivity contribution in [3.05, 3.63) is 121 Å². The molecule has 0 radical (unpaired) electrons. The van der Waals surface area contributed by atoms with Crippen molar-refractivity contribution in [3.8, 4) is 16.8 Å². The summed E-state index contributed by atoms with van der Waals surface area (Å²) in [5.41, 5.74) is 9.48. The highest BCUT2D eigenvalue weighted by atomic mass is 16.3. The lowest BCUT2D eigenvalue weighted by molar-refractivity contribution is 0.669. The summed E-state index contributed by atoms with van der Waals surface area (Å²) in [7, 11) is 0. The first kappa shape index (κ1) is 19.4. The third kappa shape index (κ3) is 2.77. The summed E-state index contributed by atoms with van der Waals surface area (Å²) in [5.74, 6) is 0. The highest BCUT2D eigenvalue weighted by molar-refractivity contribution is 6.14. The lowest BCUT2D eigenvalue weighted by atomic mass is 10.1. The van der Waals surface area contributed by atoms with Gasteiger partial charge in [0.05, 0.1) is 22.1 Å². The molecule has 0 saturated heterocycles. The molecule has 0 bridgehead atoms. The summed E-state index contributed by atoms with van der Waals surface area (Å²) < 4.78 is 8.48. The molecule has 0 aliphatic carbocycles. The van der Waals surface area contributed by atoms with Crippen LogP contribution in [-0.4, -0.2) is 9.55 Å². The van der Waals surface area contributed by atoms with Gasteiger partial charge < -0.3 is 8.98 Å². The predicted molar refractivity (Wildman–Crippen MR) is 149 cm³/mol. The number of aromatic nitrogens is 2. The number of furan rings is 1. The molecule has 36 heavy (non-hydrogen) atoms. The third-order valence-electron chi connectivity index (χ3n) is 7.15. The van der Waals surface area contributed by atoms with Crippen LogP contribution in [0.3, 0.4) is 0 Å². The number of para-hydroxylation sites is 2. The maximum absolute atomic E-state index is 6.14. The minimum atomic E-state index is 0.870. The third-order valence-corrected chi connectivity index (χ3v) is 7.15. The normalized spacial score (nSPS) is 11.9. The second-order valence-corrected chi connectivity index (χ2v) is 9.26. The fourth-order valence-corrected chi connectivity index (χ4v) is 5.48. The van der Waals surface area contributed by atoms with Gasteiger partial charge in [0.1, 0.15) is 11.2 Å². The van der Waals surface area contributed by atoms with Crippen LogP contribution in [0.2, 0.25) is 0 Å². The van der Waals surface area contributed by atoms with Gasteiger partial charge in [-0.3, -0.25) is 0 Å².